The average Bonchev–Trinajstić information content (AvgIpc) is 2.79. The first-order valence-corrected chi connectivity index (χ1v) is 12.2. The summed E-state index contributed by atoms with van der Waals surface area (Å²) >= 11 is 0. The van der Waals surface area contributed by atoms with Crippen molar-refractivity contribution in [3.63, 3.8) is 0 Å². The Morgan fingerprint density at radius 2 is 1.51 bits per heavy atom. The number of hydrogen-bond donors (Lipinski definition) is 2. The maximum absolute atomic E-state index is 13.6. The van der Waals surface area contributed by atoms with E-state index >= 15 is 0 Å². The van der Waals surface area contributed by atoms with Crippen molar-refractivity contribution in [3.05, 3.63) is 47.5 Å². The van der Waals surface area contributed by atoms with E-state index in [4.69, 9.17) is 4.74 Å². The highest BCUT2D eigenvalue weighted by Gasteiger charge is 2.41. The standard InChI is InChI=1S/C28H45N3O4/c1-18(2)21(26(34)35-11)17-19(3)31(10)25(33)23(27(4,5)6)30-24(32)22(29-9)28(7,8)20-15-13-12-14-16-20/h12-19,22-23,29H,1-11H3,(H,30,32)/t19-,22-,23+/m0/s1. The van der Waals surface area contributed by atoms with Crippen molar-refractivity contribution in [1.82, 2.24) is 15.5 Å². The minimum Gasteiger partial charge on any atom is -0.466 e. The first kappa shape index (κ1) is 30.4. The van der Waals surface area contributed by atoms with E-state index in [-0.39, 0.29) is 23.8 Å². The van der Waals surface area contributed by atoms with E-state index in [1.807, 2.05) is 85.7 Å². The van der Waals surface area contributed by atoms with Gasteiger partial charge in [-0.15, -0.1) is 0 Å². The van der Waals surface area contributed by atoms with Gasteiger partial charge in [0.05, 0.1) is 13.2 Å². The lowest BCUT2D eigenvalue weighted by Gasteiger charge is -2.39. The van der Waals surface area contributed by atoms with Crippen molar-refractivity contribution >= 4 is 17.8 Å². The molecule has 0 unspecified atom stereocenters. The summed E-state index contributed by atoms with van der Waals surface area (Å²) in [6, 6.07) is 8.15. The Labute approximate surface area is 211 Å². The van der Waals surface area contributed by atoms with E-state index in [9.17, 15) is 14.4 Å². The van der Waals surface area contributed by atoms with Gasteiger partial charge in [0.1, 0.15) is 6.04 Å². The summed E-state index contributed by atoms with van der Waals surface area (Å²) in [5.41, 5.74) is 0.479. The van der Waals surface area contributed by atoms with Gasteiger partial charge in [0.15, 0.2) is 0 Å². The summed E-state index contributed by atoms with van der Waals surface area (Å²) in [6.07, 6.45) is 1.75. The molecule has 0 aliphatic heterocycles. The molecular weight excluding hydrogens is 442 g/mol. The van der Waals surface area contributed by atoms with Crippen molar-refractivity contribution in [3.8, 4) is 0 Å². The van der Waals surface area contributed by atoms with Crippen LogP contribution in [0.1, 0.15) is 61.0 Å². The van der Waals surface area contributed by atoms with Crippen molar-refractivity contribution in [2.75, 3.05) is 21.2 Å². The maximum Gasteiger partial charge on any atom is 0.333 e. The van der Waals surface area contributed by atoms with Crippen LogP contribution in [0, 0.1) is 11.3 Å². The van der Waals surface area contributed by atoms with E-state index in [0.717, 1.165) is 5.56 Å². The van der Waals surface area contributed by atoms with Crippen LogP contribution < -0.4 is 10.6 Å². The van der Waals surface area contributed by atoms with E-state index in [2.05, 4.69) is 10.6 Å². The molecule has 0 aliphatic carbocycles. The van der Waals surface area contributed by atoms with Gasteiger partial charge in [0.2, 0.25) is 11.8 Å². The summed E-state index contributed by atoms with van der Waals surface area (Å²) in [4.78, 5) is 40.9. The molecule has 0 spiro atoms. The summed E-state index contributed by atoms with van der Waals surface area (Å²) < 4.78 is 4.90. The molecule has 1 rings (SSSR count). The molecule has 7 nitrogen and oxygen atoms in total. The highest BCUT2D eigenvalue weighted by molar-refractivity contribution is 5.92. The largest absolute Gasteiger partial charge is 0.466 e. The molecule has 0 saturated heterocycles. The first-order valence-electron chi connectivity index (χ1n) is 12.2. The summed E-state index contributed by atoms with van der Waals surface area (Å²) in [6.45, 7) is 15.5. The van der Waals surface area contributed by atoms with Crippen LogP contribution in [0.5, 0.6) is 0 Å². The molecule has 2 amide bonds. The second-order valence-corrected chi connectivity index (χ2v) is 11.1. The number of ether oxygens (including phenoxy) is 1. The highest BCUT2D eigenvalue weighted by atomic mass is 16.5. The van der Waals surface area contributed by atoms with Crippen LogP contribution in [-0.4, -0.2) is 62.0 Å². The quantitative estimate of drug-likeness (QED) is 0.388. The summed E-state index contributed by atoms with van der Waals surface area (Å²) in [7, 11) is 4.79. The summed E-state index contributed by atoms with van der Waals surface area (Å²) in [5.74, 6) is -0.935. The van der Waals surface area contributed by atoms with Crippen LogP contribution in [0.3, 0.4) is 0 Å². The van der Waals surface area contributed by atoms with Crippen molar-refractivity contribution in [1.29, 1.82) is 0 Å². The second-order valence-electron chi connectivity index (χ2n) is 11.1. The molecule has 3 atom stereocenters. The lowest BCUT2D eigenvalue weighted by molar-refractivity contribution is -0.140. The predicted octanol–water partition coefficient (Wildman–Crippen LogP) is 3.69. The minimum atomic E-state index is -0.765. The van der Waals surface area contributed by atoms with Gasteiger partial charge in [-0.1, -0.05) is 84.9 Å². The SMILES string of the molecule is CN[C@@H](C(=O)N[C@H](C(=O)N(C)[C@@H](C)C=C(C(=O)OC)C(C)C)C(C)(C)C)C(C)(C)c1ccccc1. The Morgan fingerprint density at radius 1 is 0.971 bits per heavy atom. The Balaban J connectivity index is 3.23. The number of esters is 1. The van der Waals surface area contributed by atoms with Crippen molar-refractivity contribution in [2.24, 2.45) is 11.3 Å². The van der Waals surface area contributed by atoms with E-state index in [1.165, 1.54) is 7.11 Å². The van der Waals surface area contributed by atoms with Gasteiger partial charge in [-0.25, -0.2) is 4.79 Å². The average molecular weight is 488 g/mol. The number of methoxy groups -OCH3 is 1. The van der Waals surface area contributed by atoms with Gasteiger partial charge in [0, 0.05) is 24.1 Å². The maximum atomic E-state index is 13.6. The molecule has 35 heavy (non-hydrogen) atoms. The zero-order valence-electron chi connectivity index (χ0n) is 23.4. The highest BCUT2D eigenvalue weighted by Crippen LogP contribution is 2.28. The van der Waals surface area contributed by atoms with Crippen molar-refractivity contribution < 1.29 is 19.1 Å². The molecule has 0 bridgehead atoms. The van der Waals surface area contributed by atoms with E-state index < -0.39 is 28.9 Å². The van der Waals surface area contributed by atoms with Gasteiger partial charge < -0.3 is 20.3 Å². The zero-order valence-corrected chi connectivity index (χ0v) is 23.4. The molecule has 1 aromatic carbocycles. The van der Waals surface area contributed by atoms with Crippen LogP contribution in [0.4, 0.5) is 0 Å². The number of amides is 2. The zero-order chi connectivity index (χ0) is 27.1. The molecule has 2 N–H and O–H groups in total. The number of rotatable bonds is 10. The Morgan fingerprint density at radius 3 is 1.94 bits per heavy atom. The van der Waals surface area contributed by atoms with Gasteiger partial charge >= 0.3 is 5.97 Å². The Bertz CT molecular complexity index is 901. The molecule has 0 radical (unpaired) electrons. The fourth-order valence-electron chi connectivity index (χ4n) is 4.12. The minimum absolute atomic E-state index is 0.0527. The molecular formula is C28H45N3O4. The van der Waals surface area contributed by atoms with Crippen LogP contribution in [0.25, 0.3) is 0 Å². The molecule has 196 valence electrons. The fraction of sp³-hybridized carbons (Fsp3) is 0.607. The lowest BCUT2D eigenvalue weighted by atomic mass is 9.76. The fourth-order valence-corrected chi connectivity index (χ4v) is 4.12. The van der Waals surface area contributed by atoms with Crippen LogP contribution in [-0.2, 0) is 24.5 Å². The third-order valence-corrected chi connectivity index (χ3v) is 6.61. The molecule has 0 saturated carbocycles. The lowest BCUT2D eigenvalue weighted by Crippen LogP contribution is -2.61. The third-order valence-electron chi connectivity index (χ3n) is 6.61. The van der Waals surface area contributed by atoms with Crippen LogP contribution >= 0.6 is 0 Å². The number of likely N-dealkylation sites (N-methyl/N-ethyl adjacent to an activating group) is 2. The predicted molar refractivity (Wildman–Crippen MR) is 141 cm³/mol. The monoisotopic (exact) mass is 487 g/mol. The second kappa shape index (κ2) is 12.3. The number of nitrogens with zero attached hydrogens (tertiary/aromatic N) is 1. The van der Waals surface area contributed by atoms with E-state index in [0.29, 0.717) is 5.57 Å². The van der Waals surface area contributed by atoms with Crippen LogP contribution in [0.15, 0.2) is 42.0 Å². The Kier molecular flexibility index (Phi) is 10.7. The number of carbonyl (C=O) groups excluding carboxylic acids is 3. The number of carbonyl (C=O) groups is 3. The van der Waals surface area contributed by atoms with Crippen molar-refractivity contribution in [2.45, 2.75) is 78.9 Å². The molecule has 0 aromatic heterocycles. The smallest absolute Gasteiger partial charge is 0.333 e. The molecule has 0 aliphatic rings. The summed E-state index contributed by atoms with van der Waals surface area (Å²) in [5, 5.41) is 6.17. The Hall–Kier alpha value is -2.67. The number of nitrogens with one attached hydrogen (secondary N) is 2. The number of hydrogen-bond acceptors (Lipinski definition) is 5. The van der Waals surface area contributed by atoms with Gasteiger partial charge in [-0.2, -0.15) is 0 Å². The van der Waals surface area contributed by atoms with E-state index in [1.54, 1.807) is 25.1 Å². The molecule has 7 heteroatoms. The molecule has 0 heterocycles. The topological polar surface area (TPSA) is 87.7 Å². The third kappa shape index (κ3) is 7.66. The van der Waals surface area contributed by atoms with Gasteiger partial charge in [0.25, 0.3) is 0 Å². The molecule has 0 fully saturated rings. The first-order chi connectivity index (χ1) is 16.1. The molecule has 1 aromatic rings. The normalized spacial score (nSPS) is 15.3. The number of benzene rings is 1. The van der Waals surface area contributed by atoms with Crippen LogP contribution in [0.2, 0.25) is 0 Å². The van der Waals surface area contributed by atoms with Gasteiger partial charge in [-0.05, 0) is 30.9 Å². The van der Waals surface area contributed by atoms with Gasteiger partial charge in [-0.3, -0.25) is 9.59 Å².